The van der Waals surface area contributed by atoms with Crippen LogP contribution in [0.15, 0.2) is 23.0 Å². The maximum absolute atomic E-state index is 13.7. The number of carbonyl (C=O) groups excluding carboxylic acids is 1. The van der Waals surface area contributed by atoms with Crippen LogP contribution >= 0.6 is 0 Å². The van der Waals surface area contributed by atoms with Crippen molar-refractivity contribution < 1.29 is 9.18 Å². The van der Waals surface area contributed by atoms with E-state index < -0.39 is 0 Å². The molecule has 0 bridgehead atoms. The topological polar surface area (TPSA) is 66.1 Å². The number of aromatic nitrogens is 2. The summed E-state index contributed by atoms with van der Waals surface area (Å²) >= 11 is 0. The first-order valence-electron chi connectivity index (χ1n) is 8.92. The predicted octanol–water partition coefficient (Wildman–Crippen LogP) is 2.47. The number of hydrogen-bond acceptors (Lipinski definition) is 3. The third kappa shape index (κ3) is 4.00. The summed E-state index contributed by atoms with van der Waals surface area (Å²) in [6.45, 7) is 6.54. The van der Waals surface area contributed by atoms with Gasteiger partial charge in [-0.15, -0.1) is 0 Å². The van der Waals surface area contributed by atoms with Crippen molar-refractivity contribution in [2.24, 2.45) is 5.92 Å². The van der Waals surface area contributed by atoms with Crippen LogP contribution in [-0.2, 0) is 17.6 Å². The summed E-state index contributed by atoms with van der Waals surface area (Å²) in [5.74, 6) is 0.628. The highest BCUT2D eigenvalue weighted by Crippen LogP contribution is 2.22. The Bertz CT molecular complexity index is 891. The summed E-state index contributed by atoms with van der Waals surface area (Å²) in [5.41, 5.74) is 2.40. The van der Waals surface area contributed by atoms with Gasteiger partial charge in [0, 0.05) is 24.3 Å². The van der Waals surface area contributed by atoms with Gasteiger partial charge in [0.15, 0.2) is 0 Å². The van der Waals surface area contributed by atoms with Crippen LogP contribution in [0.5, 0.6) is 0 Å². The number of benzene rings is 1. The second-order valence-electron chi connectivity index (χ2n) is 7.17. The average molecular weight is 357 g/mol. The first kappa shape index (κ1) is 18.3. The number of carbonyl (C=O) groups is 1. The van der Waals surface area contributed by atoms with E-state index in [0.29, 0.717) is 41.7 Å². The first-order valence-corrected chi connectivity index (χ1v) is 8.92. The van der Waals surface area contributed by atoms with Crippen molar-refractivity contribution in [3.63, 3.8) is 0 Å². The molecule has 1 saturated heterocycles. The highest BCUT2D eigenvalue weighted by Gasteiger charge is 2.27. The fourth-order valence-electron chi connectivity index (χ4n) is 3.54. The highest BCUT2D eigenvalue weighted by molar-refractivity contribution is 5.79. The third-order valence-corrected chi connectivity index (χ3v) is 5.07. The van der Waals surface area contributed by atoms with Crippen molar-refractivity contribution in [2.45, 2.75) is 40.0 Å². The van der Waals surface area contributed by atoms with Gasteiger partial charge in [0.05, 0.1) is 6.42 Å². The smallest absolute Gasteiger partial charge is 0.254 e. The number of H-pyrrole nitrogens is 1. The molecule has 2 aromatic rings. The van der Waals surface area contributed by atoms with Crippen molar-refractivity contribution in [2.75, 3.05) is 13.1 Å². The van der Waals surface area contributed by atoms with Gasteiger partial charge in [-0.05, 0) is 56.7 Å². The SMILES string of the molecule is Cc1nc(C)c(CC(=O)N2CCC(Cc3ccc(C)c(F)c3)C2)c(=O)[nH]1. The normalized spacial score (nSPS) is 16.9. The zero-order valence-corrected chi connectivity index (χ0v) is 15.4. The molecule has 138 valence electrons. The summed E-state index contributed by atoms with van der Waals surface area (Å²) < 4.78 is 13.7. The van der Waals surface area contributed by atoms with Crippen LogP contribution in [0.3, 0.4) is 0 Å². The molecule has 1 aliphatic rings. The molecule has 1 fully saturated rings. The van der Waals surface area contributed by atoms with E-state index in [0.717, 1.165) is 18.4 Å². The molecule has 0 radical (unpaired) electrons. The third-order valence-electron chi connectivity index (χ3n) is 5.07. The predicted molar refractivity (Wildman–Crippen MR) is 97.6 cm³/mol. The summed E-state index contributed by atoms with van der Waals surface area (Å²) in [5, 5.41) is 0. The number of hydrogen-bond donors (Lipinski definition) is 1. The molecule has 0 spiro atoms. The minimum atomic E-state index is -0.241. The summed E-state index contributed by atoms with van der Waals surface area (Å²) in [4.78, 5) is 33.4. The molecule has 3 rings (SSSR count). The van der Waals surface area contributed by atoms with E-state index in [9.17, 15) is 14.0 Å². The van der Waals surface area contributed by atoms with Gasteiger partial charge >= 0.3 is 0 Å². The monoisotopic (exact) mass is 357 g/mol. The van der Waals surface area contributed by atoms with Gasteiger partial charge in [-0.2, -0.15) is 0 Å². The van der Waals surface area contributed by atoms with Gasteiger partial charge in [-0.3, -0.25) is 9.59 Å². The average Bonchev–Trinajstić information content (AvgIpc) is 3.03. The minimum absolute atomic E-state index is 0.0539. The number of nitrogens with zero attached hydrogens (tertiary/aromatic N) is 2. The summed E-state index contributed by atoms with van der Waals surface area (Å²) in [6.07, 6.45) is 1.72. The number of aryl methyl sites for hydroxylation is 3. The summed E-state index contributed by atoms with van der Waals surface area (Å²) in [6, 6.07) is 5.33. The molecular formula is C20H24FN3O2. The zero-order valence-electron chi connectivity index (χ0n) is 15.4. The highest BCUT2D eigenvalue weighted by atomic mass is 19.1. The number of likely N-dealkylation sites (tertiary alicyclic amines) is 1. The Labute approximate surface area is 152 Å². The molecule has 5 nitrogen and oxygen atoms in total. The Morgan fingerprint density at radius 2 is 2.12 bits per heavy atom. The molecule has 1 N–H and O–H groups in total. The second kappa shape index (κ2) is 7.40. The van der Waals surface area contributed by atoms with Crippen molar-refractivity contribution in [1.29, 1.82) is 0 Å². The Kier molecular flexibility index (Phi) is 5.20. The minimum Gasteiger partial charge on any atom is -0.342 e. The molecule has 1 aromatic carbocycles. The molecular weight excluding hydrogens is 333 g/mol. The fourth-order valence-corrected chi connectivity index (χ4v) is 3.54. The lowest BCUT2D eigenvalue weighted by molar-refractivity contribution is -0.129. The van der Waals surface area contributed by atoms with Crippen LogP contribution in [0.2, 0.25) is 0 Å². The molecule has 1 aliphatic heterocycles. The van der Waals surface area contributed by atoms with Gasteiger partial charge in [0.2, 0.25) is 5.91 Å². The number of rotatable bonds is 4. The number of nitrogens with one attached hydrogen (secondary N) is 1. The molecule has 0 aliphatic carbocycles. The van der Waals surface area contributed by atoms with E-state index in [1.807, 2.05) is 6.07 Å². The van der Waals surface area contributed by atoms with E-state index in [-0.39, 0.29) is 23.7 Å². The van der Waals surface area contributed by atoms with Gasteiger partial charge in [0.25, 0.3) is 5.56 Å². The molecule has 1 amide bonds. The van der Waals surface area contributed by atoms with Crippen LogP contribution in [0, 0.1) is 32.5 Å². The number of halogens is 1. The second-order valence-corrected chi connectivity index (χ2v) is 7.17. The van der Waals surface area contributed by atoms with E-state index in [4.69, 9.17) is 0 Å². The molecule has 1 atom stereocenters. The molecule has 1 unspecified atom stereocenters. The van der Waals surface area contributed by atoms with Crippen LogP contribution in [0.25, 0.3) is 0 Å². The van der Waals surface area contributed by atoms with Gasteiger partial charge < -0.3 is 9.88 Å². The van der Waals surface area contributed by atoms with Gasteiger partial charge in [-0.25, -0.2) is 9.37 Å². The Morgan fingerprint density at radius 1 is 1.35 bits per heavy atom. The largest absolute Gasteiger partial charge is 0.342 e. The maximum atomic E-state index is 13.7. The standard InChI is InChI=1S/C20H24FN3O2/c1-12-4-5-15(9-18(12)21)8-16-6-7-24(11-16)19(25)10-17-13(2)22-14(3)23-20(17)26/h4-5,9,16H,6-8,10-11H2,1-3H3,(H,22,23,26). The Morgan fingerprint density at radius 3 is 2.81 bits per heavy atom. The lowest BCUT2D eigenvalue weighted by Gasteiger charge is -2.17. The van der Waals surface area contributed by atoms with Crippen LogP contribution < -0.4 is 5.56 Å². The van der Waals surface area contributed by atoms with Crippen molar-refractivity contribution in [1.82, 2.24) is 14.9 Å². The quantitative estimate of drug-likeness (QED) is 0.914. The maximum Gasteiger partial charge on any atom is 0.254 e. The van der Waals surface area contributed by atoms with E-state index in [1.54, 1.807) is 37.8 Å². The Hall–Kier alpha value is -2.50. The van der Waals surface area contributed by atoms with Crippen LogP contribution in [0.1, 0.15) is 34.6 Å². The van der Waals surface area contributed by atoms with Gasteiger partial charge in [0.1, 0.15) is 11.6 Å². The molecule has 26 heavy (non-hydrogen) atoms. The van der Waals surface area contributed by atoms with Crippen molar-refractivity contribution in [3.8, 4) is 0 Å². The van der Waals surface area contributed by atoms with E-state index in [2.05, 4.69) is 9.97 Å². The molecule has 6 heteroatoms. The Balaban J connectivity index is 1.62. The first-order chi connectivity index (χ1) is 12.3. The molecule has 0 saturated carbocycles. The number of aromatic amines is 1. The lowest BCUT2D eigenvalue weighted by Crippen LogP contribution is -2.32. The van der Waals surface area contributed by atoms with Crippen molar-refractivity contribution in [3.05, 3.63) is 62.6 Å². The van der Waals surface area contributed by atoms with Crippen molar-refractivity contribution >= 4 is 5.91 Å². The van der Waals surface area contributed by atoms with Crippen LogP contribution in [0.4, 0.5) is 4.39 Å². The van der Waals surface area contributed by atoms with E-state index >= 15 is 0 Å². The van der Waals surface area contributed by atoms with E-state index in [1.165, 1.54) is 0 Å². The van der Waals surface area contributed by atoms with Crippen LogP contribution in [-0.4, -0.2) is 33.9 Å². The fraction of sp³-hybridized carbons (Fsp3) is 0.450. The number of amides is 1. The van der Waals surface area contributed by atoms with Gasteiger partial charge in [-0.1, -0.05) is 12.1 Å². The lowest BCUT2D eigenvalue weighted by atomic mass is 9.98. The molecule has 2 heterocycles. The summed E-state index contributed by atoms with van der Waals surface area (Å²) in [7, 11) is 0. The zero-order chi connectivity index (χ0) is 18.8. The molecule has 1 aromatic heterocycles.